The average molecular weight is 420 g/mol. The van der Waals surface area contributed by atoms with Crippen molar-refractivity contribution in [2.24, 2.45) is 16.8 Å². The van der Waals surface area contributed by atoms with Gasteiger partial charge in [0.25, 0.3) is 0 Å². The van der Waals surface area contributed by atoms with E-state index in [0.717, 1.165) is 24.8 Å². The Bertz CT molecular complexity index is 694. The molecule has 4 amide bonds. The third-order valence-corrected chi connectivity index (χ3v) is 4.17. The van der Waals surface area contributed by atoms with E-state index in [2.05, 4.69) is 22.8 Å². The first-order valence-electron chi connectivity index (χ1n) is 10.2. The molecule has 0 heterocycles. The number of amides is 4. The van der Waals surface area contributed by atoms with E-state index in [-0.39, 0.29) is 18.4 Å². The van der Waals surface area contributed by atoms with Crippen LogP contribution in [0.2, 0.25) is 0 Å². The Labute approximate surface area is 178 Å². The molecule has 4 N–H and O–H groups in total. The maximum absolute atomic E-state index is 13.1. The van der Waals surface area contributed by atoms with E-state index in [1.165, 1.54) is 11.2 Å². The van der Waals surface area contributed by atoms with E-state index >= 15 is 0 Å². The summed E-state index contributed by atoms with van der Waals surface area (Å²) in [5.41, 5.74) is 7.94. The van der Waals surface area contributed by atoms with Crippen molar-refractivity contribution >= 4 is 24.4 Å². The van der Waals surface area contributed by atoms with Gasteiger partial charge in [-0.25, -0.2) is 15.0 Å². The van der Waals surface area contributed by atoms with Gasteiger partial charge in [-0.2, -0.15) is 5.10 Å². The molecule has 1 rings (SSSR count). The van der Waals surface area contributed by atoms with Crippen molar-refractivity contribution in [1.82, 2.24) is 15.6 Å². The number of unbranched alkanes of at least 4 members (excludes halogenated alkanes) is 2. The Morgan fingerprint density at radius 3 is 2.50 bits per heavy atom. The highest BCUT2D eigenvalue weighted by molar-refractivity contribution is 5.93. The molecule has 0 aromatic heterocycles. The first-order chi connectivity index (χ1) is 14.3. The largest absolute Gasteiger partial charge is 0.445 e. The summed E-state index contributed by atoms with van der Waals surface area (Å²) in [4.78, 5) is 37.6. The van der Waals surface area contributed by atoms with Crippen LogP contribution in [0.1, 0.15) is 52.0 Å². The molecule has 0 fully saturated rings. The van der Waals surface area contributed by atoms with Crippen molar-refractivity contribution in [3.05, 3.63) is 35.9 Å². The molecule has 0 saturated heterocycles. The van der Waals surface area contributed by atoms with Crippen molar-refractivity contribution in [3.8, 4) is 0 Å². The number of hydrazone groups is 1. The van der Waals surface area contributed by atoms with Gasteiger partial charge >= 0.3 is 12.1 Å². The molecule has 0 spiro atoms. The molecule has 1 aromatic rings. The molecule has 9 heteroatoms. The lowest BCUT2D eigenvalue weighted by molar-refractivity contribution is -0.129. The molecule has 0 aliphatic carbocycles. The van der Waals surface area contributed by atoms with E-state index in [1.54, 1.807) is 0 Å². The Balaban J connectivity index is 2.80. The van der Waals surface area contributed by atoms with Gasteiger partial charge in [0, 0.05) is 6.54 Å². The molecule has 166 valence electrons. The first kappa shape index (κ1) is 24.9. The van der Waals surface area contributed by atoms with Crippen molar-refractivity contribution in [3.63, 3.8) is 0 Å². The second-order valence-electron chi connectivity index (χ2n) is 7.35. The number of carbonyl (C=O) groups excluding carboxylic acids is 3. The molecule has 9 nitrogen and oxygen atoms in total. The summed E-state index contributed by atoms with van der Waals surface area (Å²) in [7, 11) is 0. The maximum Gasteiger partial charge on any atom is 0.408 e. The predicted octanol–water partition coefficient (Wildman–Crippen LogP) is 2.96. The predicted molar refractivity (Wildman–Crippen MR) is 115 cm³/mol. The monoisotopic (exact) mass is 419 g/mol. The van der Waals surface area contributed by atoms with Gasteiger partial charge < -0.3 is 15.8 Å². The van der Waals surface area contributed by atoms with E-state index in [0.29, 0.717) is 13.0 Å². The van der Waals surface area contributed by atoms with E-state index < -0.39 is 18.2 Å². The summed E-state index contributed by atoms with van der Waals surface area (Å²) < 4.78 is 5.25. The molecule has 0 radical (unpaired) electrons. The van der Waals surface area contributed by atoms with Gasteiger partial charge in [0.2, 0.25) is 5.91 Å². The summed E-state index contributed by atoms with van der Waals surface area (Å²) >= 11 is 0. The number of rotatable bonds is 12. The summed E-state index contributed by atoms with van der Waals surface area (Å²) in [5.74, 6) is -0.168. The zero-order chi connectivity index (χ0) is 22.4. The number of nitrogens with one attached hydrogen (secondary N) is 2. The molecule has 0 bridgehead atoms. The highest BCUT2D eigenvalue weighted by Gasteiger charge is 2.26. The number of benzene rings is 1. The van der Waals surface area contributed by atoms with Crippen LogP contribution in [0.5, 0.6) is 0 Å². The Morgan fingerprint density at radius 1 is 1.20 bits per heavy atom. The Kier molecular flexibility index (Phi) is 11.6. The van der Waals surface area contributed by atoms with Gasteiger partial charge in [0.15, 0.2) is 0 Å². The lowest BCUT2D eigenvalue weighted by Gasteiger charge is -2.25. The number of alkyl carbamates (subject to hydrolysis) is 1. The number of nitrogens with two attached hydrogens (primary N) is 1. The number of urea groups is 1. The van der Waals surface area contributed by atoms with Gasteiger partial charge in [-0.05, 0) is 24.3 Å². The van der Waals surface area contributed by atoms with Gasteiger partial charge in [-0.1, -0.05) is 63.9 Å². The zero-order valence-electron chi connectivity index (χ0n) is 18.0. The molecule has 1 aromatic carbocycles. The lowest BCUT2D eigenvalue weighted by atomic mass is 10.0. The normalized spacial score (nSPS) is 11.9. The van der Waals surface area contributed by atoms with Crippen LogP contribution in [0, 0.1) is 5.92 Å². The summed E-state index contributed by atoms with van der Waals surface area (Å²) in [6, 6.07) is 7.68. The van der Waals surface area contributed by atoms with Crippen LogP contribution < -0.4 is 16.5 Å². The highest BCUT2D eigenvalue weighted by Crippen LogP contribution is 2.10. The van der Waals surface area contributed by atoms with Crippen LogP contribution in [0.3, 0.4) is 0 Å². The van der Waals surface area contributed by atoms with Crippen molar-refractivity contribution in [2.45, 2.75) is 59.1 Å². The molecule has 1 atom stereocenters. The minimum atomic E-state index is -0.825. The smallest absolute Gasteiger partial charge is 0.408 e. The number of carbonyl (C=O) groups is 3. The number of nitrogens with zero attached hydrogens (tertiary/aromatic N) is 2. The fraction of sp³-hybridized carbons (Fsp3) is 0.524. The highest BCUT2D eigenvalue weighted by atomic mass is 16.5. The molecule has 30 heavy (non-hydrogen) atoms. The Morgan fingerprint density at radius 2 is 1.90 bits per heavy atom. The van der Waals surface area contributed by atoms with Crippen molar-refractivity contribution in [2.75, 3.05) is 6.54 Å². The van der Waals surface area contributed by atoms with Crippen molar-refractivity contribution < 1.29 is 19.1 Å². The van der Waals surface area contributed by atoms with Gasteiger partial charge in [-0.3, -0.25) is 9.69 Å². The molecule has 0 saturated carbocycles. The number of primary amides is 1. The standard InChI is InChI=1S/C21H33N5O4/c1-4-5-9-12-26(15-23-25-20(22)28)19(27)18(13-16(2)3)24-21(29)30-14-17-10-7-6-8-11-17/h6-8,10-11,15-16,18H,4-5,9,12-14H2,1-3H3,(H,24,29)(H3,22,25,28)/b23-15+/t18-/m0/s1. The van der Waals surface area contributed by atoms with Crippen LogP contribution >= 0.6 is 0 Å². The average Bonchev–Trinajstić information content (AvgIpc) is 2.70. The van der Waals surface area contributed by atoms with Crippen LogP contribution in [-0.4, -0.2) is 41.9 Å². The Hall–Kier alpha value is -3.10. The molecular weight excluding hydrogens is 386 g/mol. The third kappa shape index (κ3) is 10.4. The van der Waals surface area contributed by atoms with Crippen LogP contribution in [0.4, 0.5) is 9.59 Å². The van der Waals surface area contributed by atoms with E-state index in [4.69, 9.17) is 10.5 Å². The van der Waals surface area contributed by atoms with Crippen LogP contribution in [0.25, 0.3) is 0 Å². The summed E-state index contributed by atoms with van der Waals surface area (Å²) in [5, 5.41) is 6.36. The molecule has 0 aliphatic rings. The number of ether oxygens (including phenoxy) is 1. The summed E-state index contributed by atoms with van der Waals surface area (Å²) in [6.07, 6.45) is 3.67. The molecule has 0 aliphatic heterocycles. The summed E-state index contributed by atoms with van der Waals surface area (Å²) in [6.45, 7) is 6.50. The van der Waals surface area contributed by atoms with Crippen molar-refractivity contribution in [1.29, 1.82) is 0 Å². The SMILES string of the molecule is CCCCCN(/C=N/NC(N)=O)C(=O)[C@H](CC(C)C)NC(=O)OCc1ccccc1. The number of hydrogen-bond donors (Lipinski definition) is 3. The number of hydrogen-bond acceptors (Lipinski definition) is 5. The first-order valence-corrected chi connectivity index (χ1v) is 10.2. The quantitative estimate of drug-likeness (QED) is 0.208. The van der Waals surface area contributed by atoms with Crippen LogP contribution in [-0.2, 0) is 16.1 Å². The topological polar surface area (TPSA) is 126 Å². The fourth-order valence-corrected chi connectivity index (χ4v) is 2.72. The minimum absolute atomic E-state index is 0.111. The van der Waals surface area contributed by atoms with Gasteiger partial charge in [0.1, 0.15) is 19.0 Å². The molecular formula is C21H33N5O4. The van der Waals surface area contributed by atoms with Crippen LogP contribution in [0.15, 0.2) is 35.4 Å². The van der Waals surface area contributed by atoms with Gasteiger partial charge in [-0.15, -0.1) is 0 Å². The zero-order valence-corrected chi connectivity index (χ0v) is 18.0. The lowest BCUT2D eigenvalue weighted by Crippen LogP contribution is -2.49. The third-order valence-electron chi connectivity index (χ3n) is 4.17. The fourth-order valence-electron chi connectivity index (χ4n) is 2.72. The second-order valence-corrected chi connectivity index (χ2v) is 7.35. The second kappa shape index (κ2) is 14.0. The van der Waals surface area contributed by atoms with Gasteiger partial charge in [0.05, 0.1) is 0 Å². The van der Waals surface area contributed by atoms with E-state index in [9.17, 15) is 14.4 Å². The maximum atomic E-state index is 13.1. The minimum Gasteiger partial charge on any atom is -0.445 e. The molecule has 0 unspecified atom stereocenters. The van der Waals surface area contributed by atoms with E-state index in [1.807, 2.05) is 44.2 Å².